The van der Waals surface area contributed by atoms with Crippen molar-refractivity contribution in [3.05, 3.63) is 65.2 Å². The average molecular weight is 388 g/mol. The maximum atomic E-state index is 12.2. The van der Waals surface area contributed by atoms with E-state index in [0.717, 1.165) is 11.1 Å². The number of likely N-dealkylation sites (N-methyl/N-ethyl adjacent to an activating group) is 1. The van der Waals surface area contributed by atoms with Gasteiger partial charge in [-0.2, -0.15) is 8.78 Å². The van der Waals surface area contributed by atoms with Gasteiger partial charge in [-0.1, -0.05) is 24.3 Å². The van der Waals surface area contributed by atoms with Crippen LogP contribution in [0.3, 0.4) is 0 Å². The summed E-state index contributed by atoms with van der Waals surface area (Å²) < 4.78 is 28.5. The van der Waals surface area contributed by atoms with E-state index in [1.54, 1.807) is 12.1 Å². The predicted octanol–water partition coefficient (Wildman–Crippen LogP) is 4.02. The monoisotopic (exact) mass is 388 g/mol. The molecule has 0 unspecified atom stereocenters. The first-order valence-electron chi connectivity index (χ1n) is 8.60. The van der Waals surface area contributed by atoms with E-state index in [-0.39, 0.29) is 24.1 Å². The molecule has 0 aliphatic carbocycles. The van der Waals surface area contributed by atoms with Crippen LogP contribution >= 0.6 is 0 Å². The van der Waals surface area contributed by atoms with Crippen molar-refractivity contribution in [2.24, 2.45) is 0 Å². The normalized spacial score (nSPS) is 10.9. The number of anilines is 1. The van der Waals surface area contributed by atoms with Gasteiger partial charge in [0.1, 0.15) is 5.75 Å². The molecular weight excluding hydrogens is 366 g/mol. The number of benzene rings is 2. The van der Waals surface area contributed by atoms with Gasteiger partial charge in [-0.25, -0.2) is 0 Å². The van der Waals surface area contributed by atoms with Crippen molar-refractivity contribution < 1.29 is 23.1 Å². The Morgan fingerprint density at radius 2 is 1.82 bits per heavy atom. The van der Waals surface area contributed by atoms with E-state index in [0.29, 0.717) is 11.3 Å². The van der Waals surface area contributed by atoms with Crippen molar-refractivity contribution in [1.82, 2.24) is 4.90 Å². The largest absolute Gasteiger partial charge is 0.435 e. The number of halogens is 2. The average Bonchev–Trinajstić information content (AvgIpc) is 2.63. The van der Waals surface area contributed by atoms with Crippen molar-refractivity contribution in [2.75, 3.05) is 18.9 Å². The van der Waals surface area contributed by atoms with Gasteiger partial charge in [-0.05, 0) is 54.8 Å². The van der Waals surface area contributed by atoms with Crippen LogP contribution in [0.2, 0.25) is 0 Å². The molecular formula is C21H22F2N2O3. The van der Waals surface area contributed by atoms with Crippen LogP contribution in [0.1, 0.15) is 16.7 Å². The summed E-state index contributed by atoms with van der Waals surface area (Å²) in [4.78, 5) is 25.6. The number of nitrogens with zero attached hydrogens (tertiary/aromatic N) is 1. The van der Waals surface area contributed by atoms with Crippen molar-refractivity contribution in [3.8, 4) is 5.75 Å². The third-order valence-corrected chi connectivity index (χ3v) is 3.95. The minimum Gasteiger partial charge on any atom is -0.435 e. The van der Waals surface area contributed by atoms with Gasteiger partial charge in [-0.15, -0.1) is 0 Å². The summed E-state index contributed by atoms with van der Waals surface area (Å²) in [7, 11) is 1.52. The lowest BCUT2D eigenvalue weighted by atomic mass is 10.1. The Balaban J connectivity index is 1.90. The second kappa shape index (κ2) is 9.64. The molecule has 7 heteroatoms. The lowest BCUT2D eigenvalue weighted by Gasteiger charge is -2.16. The van der Waals surface area contributed by atoms with Crippen LogP contribution in [0.15, 0.2) is 48.5 Å². The number of carbonyl (C=O) groups is 2. The van der Waals surface area contributed by atoms with Gasteiger partial charge in [0.25, 0.3) is 0 Å². The molecule has 0 saturated carbocycles. The zero-order chi connectivity index (χ0) is 20.7. The maximum Gasteiger partial charge on any atom is 0.387 e. The molecule has 2 aromatic rings. The zero-order valence-corrected chi connectivity index (χ0v) is 15.9. The molecule has 0 radical (unpaired) electrons. The fraction of sp³-hybridized carbons (Fsp3) is 0.238. The molecule has 1 N–H and O–H groups in total. The number of amides is 2. The topological polar surface area (TPSA) is 58.6 Å². The number of rotatable bonds is 7. The third kappa shape index (κ3) is 6.50. The van der Waals surface area contributed by atoms with E-state index >= 15 is 0 Å². The lowest BCUT2D eigenvalue weighted by Crippen LogP contribution is -2.34. The Morgan fingerprint density at radius 3 is 2.46 bits per heavy atom. The molecule has 28 heavy (non-hydrogen) atoms. The summed E-state index contributed by atoms with van der Waals surface area (Å²) >= 11 is 0. The molecule has 0 spiro atoms. The summed E-state index contributed by atoms with van der Waals surface area (Å²) in [5.41, 5.74) is 3.32. The van der Waals surface area contributed by atoms with Gasteiger partial charge in [-0.3, -0.25) is 9.59 Å². The first-order valence-corrected chi connectivity index (χ1v) is 8.60. The van der Waals surface area contributed by atoms with Crippen LogP contribution < -0.4 is 10.1 Å². The van der Waals surface area contributed by atoms with Gasteiger partial charge >= 0.3 is 6.61 Å². The highest BCUT2D eigenvalue weighted by Crippen LogP contribution is 2.17. The molecule has 148 valence electrons. The number of aryl methyl sites for hydroxylation is 2. The van der Waals surface area contributed by atoms with E-state index in [9.17, 15) is 18.4 Å². The minimum atomic E-state index is -2.88. The second-order valence-corrected chi connectivity index (χ2v) is 6.34. The van der Waals surface area contributed by atoms with E-state index in [1.807, 2.05) is 32.0 Å². The Morgan fingerprint density at radius 1 is 1.14 bits per heavy atom. The standard InChI is InChI=1S/C21H22F2N2O3/c1-14-4-5-15(2)18(12-14)24-19(26)13-25(3)20(27)11-8-16-6-9-17(10-7-16)28-21(22)23/h4-12,21H,13H2,1-3H3,(H,24,26)/b11-8+. The van der Waals surface area contributed by atoms with Crippen molar-refractivity contribution in [1.29, 1.82) is 0 Å². The fourth-order valence-corrected chi connectivity index (χ4v) is 2.41. The van der Waals surface area contributed by atoms with Gasteiger partial charge in [0, 0.05) is 18.8 Å². The Hall–Kier alpha value is -3.22. The summed E-state index contributed by atoms with van der Waals surface area (Å²) in [6.45, 7) is 0.843. The molecule has 0 fully saturated rings. The minimum absolute atomic E-state index is 0.0405. The predicted molar refractivity (Wildman–Crippen MR) is 104 cm³/mol. The van der Waals surface area contributed by atoms with E-state index in [4.69, 9.17) is 0 Å². The van der Waals surface area contributed by atoms with Gasteiger partial charge in [0.05, 0.1) is 6.54 Å². The first-order chi connectivity index (χ1) is 13.2. The highest BCUT2D eigenvalue weighted by Gasteiger charge is 2.12. The molecule has 0 saturated heterocycles. The van der Waals surface area contributed by atoms with Crippen molar-refractivity contribution in [3.63, 3.8) is 0 Å². The number of hydrogen-bond acceptors (Lipinski definition) is 3. The SMILES string of the molecule is Cc1ccc(C)c(NC(=O)CN(C)C(=O)/C=C/c2ccc(OC(F)F)cc2)c1. The summed E-state index contributed by atoms with van der Waals surface area (Å²) in [5.74, 6) is -0.617. The van der Waals surface area contributed by atoms with Crippen LogP contribution in [0.25, 0.3) is 6.08 Å². The van der Waals surface area contributed by atoms with Crippen molar-refractivity contribution in [2.45, 2.75) is 20.5 Å². The molecule has 0 aliphatic heterocycles. The molecule has 2 amide bonds. The number of alkyl halides is 2. The first kappa shape index (κ1) is 21.1. The third-order valence-electron chi connectivity index (χ3n) is 3.95. The Labute approximate surface area is 162 Å². The molecule has 0 aliphatic rings. The van der Waals surface area contributed by atoms with E-state index < -0.39 is 6.61 Å². The number of hydrogen-bond donors (Lipinski definition) is 1. The van der Waals surface area contributed by atoms with E-state index in [2.05, 4.69) is 10.1 Å². The second-order valence-electron chi connectivity index (χ2n) is 6.34. The van der Waals surface area contributed by atoms with Crippen molar-refractivity contribution >= 4 is 23.6 Å². The highest BCUT2D eigenvalue weighted by molar-refractivity contribution is 5.98. The quantitative estimate of drug-likeness (QED) is 0.729. The molecule has 0 atom stereocenters. The fourth-order valence-electron chi connectivity index (χ4n) is 2.41. The molecule has 2 aromatic carbocycles. The van der Waals surface area contributed by atoms with Crippen LogP contribution in [0.4, 0.5) is 14.5 Å². The maximum absolute atomic E-state index is 12.2. The van der Waals surface area contributed by atoms with Crippen LogP contribution in [-0.2, 0) is 9.59 Å². The zero-order valence-electron chi connectivity index (χ0n) is 15.9. The lowest BCUT2D eigenvalue weighted by molar-refractivity contribution is -0.129. The molecule has 0 bridgehead atoms. The summed E-state index contributed by atoms with van der Waals surface area (Å²) in [5, 5.41) is 2.80. The smallest absolute Gasteiger partial charge is 0.387 e. The van der Waals surface area contributed by atoms with E-state index in [1.165, 1.54) is 36.2 Å². The number of ether oxygens (including phenoxy) is 1. The van der Waals surface area contributed by atoms with Crippen LogP contribution in [-0.4, -0.2) is 36.9 Å². The Kier molecular flexibility index (Phi) is 7.26. The summed E-state index contributed by atoms with van der Waals surface area (Å²) in [6.07, 6.45) is 2.85. The molecule has 2 rings (SSSR count). The number of nitrogens with one attached hydrogen (secondary N) is 1. The molecule has 5 nitrogen and oxygen atoms in total. The van der Waals surface area contributed by atoms with Crippen LogP contribution in [0.5, 0.6) is 5.75 Å². The van der Waals surface area contributed by atoms with Gasteiger partial charge in [0.2, 0.25) is 11.8 Å². The van der Waals surface area contributed by atoms with Gasteiger partial charge in [0.15, 0.2) is 0 Å². The van der Waals surface area contributed by atoms with Crippen LogP contribution in [0, 0.1) is 13.8 Å². The number of carbonyl (C=O) groups excluding carboxylic acids is 2. The molecule has 0 aromatic heterocycles. The summed E-state index contributed by atoms with van der Waals surface area (Å²) in [6, 6.07) is 11.6. The Bertz CT molecular complexity index is 864. The molecule has 0 heterocycles. The highest BCUT2D eigenvalue weighted by atomic mass is 19.3. The van der Waals surface area contributed by atoms with Gasteiger partial charge < -0.3 is 15.0 Å².